The second kappa shape index (κ2) is 7.23. The molecule has 0 fully saturated rings. The van der Waals surface area contributed by atoms with Crippen LogP contribution in [0.2, 0.25) is 0 Å². The maximum atomic E-state index is 11.2. The van der Waals surface area contributed by atoms with Gasteiger partial charge in [0.25, 0.3) is 5.69 Å². The number of hydrogen-bond acceptors (Lipinski definition) is 4. The summed E-state index contributed by atoms with van der Waals surface area (Å²) in [6, 6.07) is 6.58. The third kappa shape index (κ3) is 4.54. The van der Waals surface area contributed by atoms with E-state index in [0.717, 1.165) is 5.56 Å². The molecule has 5 nitrogen and oxygen atoms in total. The van der Waals surface area contributed by atoms with Gasteiger partial charge in [0.1, 0.15) is 0 Å². The largest absolute Gasteiger partial charge is 0.309 e. The molecule has 100 valence electrons. The summed E-state index contributed by atoms with van der Waals surface area (Å²) in [5, 5.41) is 13.8. The number of benzene rings is 1. The van der Waals surface area contributed by atoms with Crippen molar-refractivity contribution in [1.29, 1.82) is 0 Å². The van der Waals surface area contributed by atoms with Crippen molar-refractivity contribution >= 4 is 16.5 Å². The van der Waals surface area contributed by atoms with Crippen molar-refractivity contribution in [2.24, 2.45) is 0 Å². The van der Waals surface area contributed by atoms with Crippen LogP contribution in [-0.4, -0.2) is 27.2 Å². The molecule has 6 heteroatoms. The topological polar surface area (TPSA) is 72.2 Å². The van der Waals surface area contributed by atoms with Crippen molar-refractivity contribution < 1.29 is 9.13 Å². The fourth-order valence-electron chi connectivity index (χ4n) is 1.54. The molecular formula is C12H18N2O3S. The number of nitro groups is 1. The molecule has 18 heavy (non-hydrogen) atoms. The lowest BCUT2D eigenvalue weighted by Crippen LogP contribution is -2.24. The molecule has 0 aromatic heterocycles. The average Bonchev–Trinajstić information content (AvgIpc) is 2.38. The van der Waals surface area contributed by atoms with E-state index in [4.69, 9.17) is 0 Å². The molecule has 1 rings (SSSR count). The Morgan fingerprint density at radius 2 is 2.00 bits per heavy atom. The molecule has 0 radical (unpaired) electrons. The zero-order valence-electron chi connectivity index (χ0n) is 10.6. The predicted molar refractivity (Wildman–Crippen MR) is 73.1 cm³/mol. The van der Waals surface area contributed by atoms with Gasteiger partial charge in [0.05, 0.1) is 4.92 Å². The monoisotopic (exact) mass is 270 g/mol. The number of hydrogen-bond donors (Lipinski definition) is 1. The predicted octanol–water partition coefficient (Wildman–Crippen LogP) is 2.01. The van der Waals surface area contributed by atoms with E-state index in [-0.39, 0.29) is 11.7 Å². The molecule has 0 saturated carbocycles. The number of non-ortho nitro benzene ring substituents is 1. The summed E-state index contributed by atoms with van der Waals surface area (Å²) in [6.07, 6.45) is 0. The lowest BCUT2D eigenvalue weighted by molar-refractivity contribution is -0.384. The summed E-state index contributed by atoms with van der Waals surface area (Å²) in [5.74, 6) is 1.31. The summed E-state index contributed by atoms with van der Waals surface area (Å²) in [4.78, 5) is 10.1. The summed E-state index contributed by atoms with van der Waals surface area (Å²) < 4.78 is 11.2. The SMILES string of the molecule is CCS(=O)CCNC(C)c1ccc([N+](=O)[O-])cc1. The van der Waals surface area contributed by atoms with Gasteiger partial charge >= 0.3 is 0 Å². The average molecular weight is 270 g/mol. The quantitative estimate of drug-likeness (QED) is 0.607. The molecule has 1 N–H and O–H groups in total. The summed E-state index contributed by atoms with van der Waals surface area (Å²) in [7, 11) is -0.761. The molecule has 0 aliphatic heterocycles. The highest BCUT2D eigenvalue weighted by molar-refractivity contribution is 7.84. The van der Waals surface area contributed by atoms with E-state index in [2.05, 4.69) is 5.32 Å². The molecule has 0 amide bonds. The van der Waals surface area contributed by atoms with Crippen molar-refractivity contribution in [3.63, 3.8) is 0 Å². The van der Waals surface area contributed by atoms with E-state index in [9.17, 15) is 14.3 Å². The third-order valence-corrected chi connectivity index (χ3v) is 4.01. The fraction of sp³-hybridized carbons (Fsp3) is 0.500. The first-order valence-electron chi connectivity index (χ1n) is 5.87. The van der Waals surface area contributed by atoms with Gasteiger partial charge < -0.3 is 5.32 Å². The lowest BCUT2D eigenvalue weighted by atomic mass is 10.1. The normalized spacial score (nSPS) is 14.1. The molecule has 1 aromatic rings. The Kier molecular flexibility index (Phi) is 5.94. The third-order valence-electron chi connectivity index (χ3n) is 2.71. The second-order valence-corrected chi connectivity index (χ2v) is 5.82. The Labute approximate surface area is 109 Å². The van der Waals surface area contributed by atoms with E-state index in [0.29, 0.717) is 18.1 Å². The molecule has 0 spiro atoms. The number of nitrogens with one attached hydrogen (secondary N) is 1. The van der Waals surface area contributed by atoms with E-state index in [1.54, 1.807) is 12.1 Å². The maximum absolute atomic E-state index is 11.2. The molecule has 0 bridgehead atoms. The molecule has 0 aliphatic rings. The van der Waals surface area contributed by atoms with Crippen LogP contribution in [0.5, 0.6) is 0 Å². The first kappa shape index (κ1) is 14.8. The van der Waals surface area contributed by atoms with Crippen LogP contribution >= 0.6 is 0 Å². The van der Waals surface area contributed by atoms with Crippen LogP contribution in [0.25, 0.3) is 0 Å². The van der Waals surface area contributed by atoms with Gasteiger partial charge in [-0.2, -0.15) is 0 Å². The first-order valence-corrected chi connectivity index (χ1v) is 7.36. The minimum atomic E-state index is -0.761. The minimum absolute atomic E-state index is 0.0954. The van der Waals surface area contributed by atoms with Crippen molar-refractivity contribution in [3.05, 3.63) is 39.9 Å². The van der Waals surface area contributed by atoms with Crippen LogP contribution in [-0.2, 0) is 10.8 Å². The van der Waals surface area contributed by atoms with Gasteiger partial charge in [-0.15, -0.1) is 0 Å². The van der Waals surface area contributed by atoms with Crippen LogP contribution in [0.4, 0.5) is 5.69 Å². The summed E-state index contributed by atoms with van der Waals surface area (Å²) >= 11 is 0. The van der Waals surface area contributed by atoms with Gasteiger partial charge in [-0.3, -0.25) is 14.3 Å². The Morgan fingerprint density at radius 1 is 1.39 bits per heavy atom. The standard InChI is InChI=1S/C12H18N2O3S/c1-3-18(17)9-8-13-10(2)11-4-6-12(7-5-11)14(15)16/h4-7,10,13H,3,8-9H2,1-2H3. The lowest BCUT2D eigenvalue weighted by Gasteiger charge is -2.13. The second-order valence-electron chi connectivity index (χ2n) is 3.96. The van der Waals surface area contributed by atoms with Crippen molar-refractivity contribution in [2.45, 2.75) is 19.9 Å². The van der Waals surface area contributed by atoms with Gasteiger partial charge in [0.15, 0.2) is 0 Å². The van der Waals surface area contributed by atoms with E-state index >= 15 is 0 Å². The van der Waals surface area contributed by atoms with Gasteiger partial charge in [-0.25, -0.2) is 0 Å². The van der Waals surface area contributed by atoms with Gasteiger partial charge in [0, 0.05) is 47.0 Å². The zero-order chi connectivity index (χ0) is 13.5. The van der Waals surface area contributed by atoms with Crippen LogP contribution in [0, 0.1) is 10.1 Å². The first-order chi connectivity index (χ1) is 8.54. The van der Waals surface area contributed by atoms with Crippen LogP contribution in [0.1, 0.15) is 25.5 Å². The highest BCUT2D eigenvalue weighted by Crippen LogP contribution is 2.17. The zero-order valence-corrected chi connectivity index (χ0v) is 11.4. The van der Waals surface area contributed by atoms with Crippen LogP contribution in [0.15, 0.2) is 24.3 Å². The number of nitrogens with zero attached hydrogens (tertiary/aromatic N) is 1. The Morgan fingerprint density at radius 3 is 2.50 bits per heavy atom. The van der Waals surface area contributed by atoms with E-state index in [1.807, 2.05) is 13.8 Å². The highest BCUT2D eigenvalue weighted by atomic mass is 32.2. The Hall–Kier alpha value is -1.27. The molecular weight excluding hydrogens is 252 g/mol. The highest BCUT2D eigenvalue weighted by Gasteiger charge is 2.08. The smallest absolute Gasteiger partial charge is 0.269 e. The van der Waals surface area contributed by atoms with Crippen LogP contribution in [0.3, 0.4) is 0 Å². The van der Waals surface area contributed by atoms with Gasteiger partial charge in [-0.05, 0) is 12.5 Å². The molecule has 2 atom stereocenters. The fourth-order valence-corrected chi connectivity index (χ4v) is 2.17. The molecule has 0 aliphatic carbocycles. The van der Waals surface area contributed by atoms with E-state index in [1.165, 1.54) is 12.1 Å². The van der Waals surface area contributed by atoms with E-state index < -0.39 is 15.7 Å². The molecule has 2 unspecified atom stereocenters. The summed E-state index contributed by atoms with van der Waals surface area (Å²) in [6.45, 7) is 4.56. The Bertz CT molecular complexity index is 420. The minimum Gasteiger partial charge on any atom is -0.309 e. The van der Waals surface area contributed by atoms with Gasteiger partial charge in [0.2, 0.25) is 0 Å². The van der Waals surface area contributed by atoms with Crippen molar-refractivity contribution in [3.8, 4) is 0 Å². The Balaban J connectivity index is 2.48. The van der Waals surface area contributed by atoms with Crippen molar-refractivity contribution in [2.75, 3.05) is 18.1 Å². The van der Waals surface area contributed by atoms with Gasteiger partial charge in [-0.1, -0.05) is 19.1 Å². The molecule has 1 aromatic carbocycles. The number of nitro benzene ring substituents is 1. The van der Waals surface area contributed by atoms with Crippen molar-refractivity contribution in [1.82, 2.24) is 5.32 Å². The summed E-state index contributed by atoms with van der Waals surface area (Å²) in [5.41, 5.74) is 1.08. The molecule has 0 heterocycles. The molecule has 0 saturated heterocycles. The van der Waals surface area contributed by atoms with Crippen LogP contribution < -0.4 is 5.32 Å². The number of rotatable bonds is 7. The maximum Gasteiger partial charge on any atom is 0.269 e.